The van der Waals surface area contributed by atoms with Crippen molar-refractivity contribution in [3.8, 4) is 0 Å². The lowest BCUT2D eigenvalue weighted by Gasteiger charge is -2.28. The second kappa shape index (κ2) is 6.30. The molecule has 1 aliphatic carbocycles. The van der Waals surface area contributed by atoms with Crippen molar-refractivity contribution in [3.05, 3.63) is 100 Å². The van der Waals surface area contributed by atoms with Gasteiger partial charge in [0.1, 0.15) is 6.17 Å². The summed E-state index contributed by atoms with van der Waals surface area (Å²) in [5.74, 6) is 0. The molecule has 0 spiro atoms. The molecule has 0 amide bonds. The minimum absolute atomic E-state index is 0.211. The Kier molecular flexibility index (Phi) is 3.87. The van der Waals surface area contributed by atoms with Crippen LogP contribution in [0.3, 0.4) is 0 Å². The quantitative estimate of drug-likeness (QED) is 0.784. The van der Waals surface area contributed by atoms with Gasteiger partial charge in [-0.1, -0.05) is 60.2 Å². The largest absolute Gasteiger partial charge is 0.363 e. The fourth-order valence-corrected chi connectivity index (χ4v) is 4.65. The Morgan fingerprint density at radius 3 is 2.54 bits per heavy atom. The Balaban J connectivity index is 1.41. The van der Waals surface area contributed by atoms with Gasteiger partial charge in [-0.15, -0.1) is 0 Å². The van der Waals surface area contributed by atoms with Crippen molar-refractivity contribution >= 4 is 5.70 Å². The predicted molar refractivity (Wildman–Crippen MR) is 115 cm³/mol. The van der Waals surface area contributed by atoms with Gasteiger partial charge in [-0.2, -0.15) is 0 Å². The van der Waals surface area contributed by atoms with Crippen LogP contribution in [0.4, 0.5) is 0 Å². The van der Waals surface area contributed by atoms with Gasteiger partial charge in [-0.05, 0) is 43.9 Å². The second-order valence-corrected chi connectivity index (χ2v) is 8.26. The molecule has 0 saturated carbocycles. The van der Waals surface area contributed by atoms with Gasteiger partial charge < -0.3 is 15.1 Å². The van der Waals surface area contributed by atoms with Crippen molar-refractivity contribution in [1.82, 2.24) is 15.1 Å². The average Bonchev–Trinajstić information content (AvgIpc) is 3.19. The zero-order valence-electron chi connectivity index (χ0n) is 16.9. The van der Waals surface area contributed by atoms with Crippen molar-refractivity contribution in [2.75, 3.05) is 7.05 Å². The summed E-state index contributed by atoms with van der Waals surface area (Å²) in [6.07, 6.45) is 4.67. The van der Waals surface area contributed by atoms with Crippen LogP contribution in [0, 0.1) is 13.8 Å². The zero-order valence-corrected chi connectivity index (χ0v) is 16.9. The van der Waals surface area contributed by atoms with Crippen molar-refractivity contribution in [2.45, 2.75) is 39.4 Å². The molecule has 142 valence electrons. The molecule has 2 aromatic rings. The third kappa shape index (κ3) is 2.65. The monoisotopic (exact) mass is 369 g/mol. The fourth-order valence-electron chi connectivity index (χ4n) is 4.65. The molecule has 0 aromatic heterocycles. The molecule has 0 saturated heterocycles. The number of allylic oxidation sites excluding steroid dienone is 3. The second-order valence-electron chi connectivity index (χ2n) is 8.26. The third-order valence-electron chi connectivity index (χ3n) is 6.29. The number of aryl methyl sites for hydroxylation is 2. The molecular weight excluding hydrogens is 342 g/mol. The zero-order chi connectivity index (χ0) is 19.4. The lowest BCUT2D eigenvalue weighted by atomic mass is 10.0. The molecule has 0 bridgehead atoms. The molecule has 3 aliphatic rings. The molecule has 3 heteroatoms. The molecule has 5 rings (SSSR count). The van der Waals surface area contributed by atoms with Crippen LogP contribution in [0.15, 0.2) is 72.2 Å². The van der Waals surface area contributed by atoms with Gasteiger partial charge in [0.2, 0.25) is 0 Å². The summed E-state index contributed by atoms with van der Waals surface area (Å²) in [6.45, 7) is 9.63. The maximum absolute atomic E-state index is 4.40. The molecule has 1 atom stereocenters. The van der Waals surface area contributed by atoms with Gasteiger partial charge in [0.05, 0.1) is 5.70 Å². The molecular formula is C25H27N3. The van der Waals surface area contributed by atoms with Crippen LogP contribution < -0.4 is 5.32 Å². The van der Waals surface area contributed by atoms with Crippen LogP contribution in [-0.2, 0) is 6.54 Å². The first-order valence-electron chi connectivity index (χ1n) is 10.1. The summed E-state index contributed by atoms with van der Waals surface area (Å²) < 4.78 is 0. The van der Waals surface area contributed by atoms with E-state index in [1.54, 1.807) is 0 Å². The Bertz CT molecular complexity index is 1030. The topological polar surface area (TPSA) is 18.5 Å². The molecule has 2 heterocycles. The molecule has 2 aromatic carbocycles. The Morgan fingerprint density at radius 2 is 1.75 bits per heavy atom. The van der Waals surface area contributed by atoms with E-state index in [1.165, 1.54) is 44.9 Å². The summed E-state index contributed by atoms with van der Waals surface area (Å²) in [4.78, 5) is 4.77. The van der Waals surface area contributed by atoms with E-state index in [-0.39, 0.29) is 6.17 Å². The number of nitrogens with one attached hydrogen (secondary N) is 1. The van der Waals surface area contributed by atoms with E-state index in [4.69, 9.17) is 0 Å². The van der Waals surface area contributed by atoms with Gasteiger partial charge in [0.25, 0.3) is 0 Å². The highest BCUT2D eigenvalue weighted by Gasteiger charge is 2.33. The summed E-state index contributed by atoms with van der Waals surface area (Å²) in [5, 5.41) is 3.75. The molecule has 1 unspecified atom stereocenters. The van der Waals surface area contributed by atoms with Crippen molar-refractivity contribution in [1.29, 1.82) is 0 Å². The first kappa shape index (κ1) is 17.2. The number of fused-ring (bicyclic) bond motifs is 1. The summed E-state index contributed by atoms with van der Waals surface area (Å²) >= 11 is 0. The first-order chi connectivity index (χ1) is 13.5. The first-order valence-corrected chi connectivity index (χ1v) is 10.1. The highest BCUT2D eigenvalue weighted by molar-refractivity contribution is 5.71. The van der Waals surface area contributed by atoms with E-state index in [9.17, 15) is 0 Å². The summed E-state index contributed by atoms with van der Waals surface area (Å²) in [7, 11) is 2.19. The normalized spacial score (nSPS) is 20.9. The van der Waals surface area contributed by atoms with E-state index in [2.05, 4.69) is 91.1 Å². The molecule has 0 fully saturated rings. The molecule has 0 radical (unpaired) electrons. The van der Waals surface area contributed by atoms with E-state index in [0.29, 0.717) is 0 Å². The van der Waals surface area contributed by atoms with Gasteiger partial charge in [0, 0.05) is 36.2 Å². The van der Waals surface area contributed by atoms with Crippen LogP contribution >= 0.6 is 0 Å². The fraction of sp³-hybridized carbons (Fsp3) is 0.280. The number of hydrogen-bond donors (Lipinski definition) is 1. The van der Waals surface area contributed by atoms with E-state index < -0.39 is 0 Å². The standard InChI is InChI=1S/C25H27N3/c1-16-5-8-19(9-6-16)25-26-23-12-10-21(14-24(23)27(25)4)28-15-20-13-17(2)7-11-22(20)18(28)3/h5-9,11,13-14,25-26H,3,10,12,15H2,1-2,4H3. The van der Waals surface area contributed by atoms with Crippen LogP contribution in [0.2, 0.25) is 0 Å². The van der Waals surface area contributed by atoms with E-state index >= 15 is 0 Å². The molecule has 28 heavy (non-hydrogen) atoms. The maximum Gasteiger partial charge on any atom is 0.125 e. The van der Waals surface area contributed by atoms with Gasteiger partial charge in [0.15, 0.2) is 0 Å². The Labute approximate surface area is 167 Å². The highest BCUT2D eigenvalue weighted by atomic mass is 15.3. The number of hydrogen-bond acceptors (Lipinski definition) is 3. The number of benzene rings is 2. The predicted octanol–water partition coefficient (Wildman–Crippen LogP) is 5.21. The maximum atomic E-state index is 4.40. The van der Waals surface area contributed by atoms with Gasteiger partial charge >= 0.3 is 0 Å². The van der Waals surface area contributed by atoms with Crippen molar-refractivity contribution < 1.29 is 0 Å². The van der Waals surface area contributed by atoms with Crippen molar-refractivity contribution in [3.63, 3.8) is 0 Å². The van der Waals surface area contributed by atoms with Crippen LogP contribution in [-0.4, -0.2) is 16.8 Å². The van der Waals surface area contributed by atoms with Crippen LogP contribution in [0.1, 0.15) is 46.8 Å². The third-order valence-corrected chi connectivity index (χ3v) is 6.29. The SMILES string of the molecule is C=C1c2ccc(C)cc2CN1C1=CC2=C(CC1)NC(c1ccc(C)cc1)N2C. The highest BCUT2D eigenvalue weighted by Crippen LogP contribution is 2.41. The average molecular weight is 370 g/mol. The minimum Gasteiger partial charge on any atom is -0.363 e. The smallest absolute Gasteiger partial charge is 0.125 e. The molecule has 3 nitrogen and oxygen atoms in total. The van der Waals surface area contributed by atoms with Gasteiger partial charge in [-0.25, -0.2) is 0 Å². The number of likely N-dealkylation sites (N-methyl/N-ethyl adjacent to an activating group) is 1. The van der Waals surface area contributed by atoms with Crippen molar-refractivity contribution in [2.24, 2.45) is 0 Å². The summed E-state index contributed by atoms with van der Waals surface area (Å²) in [5.41, 5.74) is 11.8. The minimum atomic E-state index is 0.211. The van der Waals surface area contributed by atoms with Crippen LogP contribution in [0.25, 0.3) is 5.70 Å². The number of rotatable bonds is 2. The number of nitrogens with zero attached hydrogens (tertiary/aromatic N) is 2. The van der Waals surface area contributed by atoms with Crippen LogP contribution in [0.5, 0.6) is 0 Å². The Hall–Kier alpha value is -2.94. The lowest BCUT2D eigenvalue weighted by Crippen LogP contribution is -2.25. The lowest BCUT2D eigenvalue weighted by molar-refractivity contribution is 0.323. The van der Waals surface area contributed by atoms with Gasteiger partial charge in [-0.3, -0.25) is 0 Å². The van der Waals surface area contributed by atoms with E-state index in [1.807, 2.05) is 0 Å². The molecule has 1 N–H and O–H groups in total. The Morgan fingerprint density at radius 1 is 1.00 bits per heavy atom. The molecule has 2 aliphatic heterocycles. The summed E-state index contributed by atoms with van der Waals surface area (Å²) in [6, 6.07) is 15.5. The van der Waals surface area contributed by atoms with E-state index in [0.717, 1.165) is 25.1 Å².